The van der Waals surface area contributed by atoms with Crippen molar-refractivity contribution in [2.75, 3.05) is 5.32 Å². The summed E-state index contributed by atoms with van der Waals surface area (Å²) >= 11 is 1.03. The summed E-state index contributed by atoms with van der Waals surface area (Å²) in [5.74, 6) is -0.346. The van der Waals surface area contributed by atoms with Crippen LogP contribution in [0.15, 0.2) is 54.6 Å². The van der Waals surface area contributed by atoms with Crippen LogP contribution >= 0.6 is 11.7 Å². The molecule has 5 nitrogen and oxygen atoms in total. The third-order valence-corrected chi connectivity index (χ3v) is 5.29. The minimum absolute atomic E-state index is 0.165. The molecule has 0 fully saturated rings. The fourth-order valence-corrected chi connectivity index (χ4v) is 3.96. The molecule has 1 aliphatic carbocycles. The van der Waals surface area contributed by atoms with Gasteiger partial charge in [0.25, 0.3) is 0 Å². The number of hydrogen-bond acceptors (Lipinski definition) is 6. The van der Waals surface area contributed by atoms with Crippen LogP contribution in [-0.2, 0) is 0 Å². The summed E-state index contributed by atoms with van der Waals surface area (Å²) in [4.78, 5) is 26.1. The molecule has 1 aromatic heterocycles. The van der Waals surface area contributed by atoms with Gasteiger partial charge >= 0.3 is 0 Å². The first-order valence-corrected chi connectivity index (χ1v) is 9.18. The second-order valence-electron chi connectivity index (χ2n) is 6.50. The van der Waals surface area contributed by atoms with Crippen molar-refractivity contribution < 1.29 is 9.59 Å². The van der Waals surface area contributed by atoms with E-state index in [4.69, 9.17) is 0 Å². The zero-order chi connectivity index (χ0) is 18.5. The topological polar surface area (TPSA) is 72.0 Å². The summed E-state index contributed by atoms with van der Waals surface area (Å²) in [5, 5.41) is 3.31. The van der Waals surface area contributed by atoms with Crippen LogP contribution in [0, 0.1) is 6.92 Å². The van der Waals surface area contributed by atoms with Gasteiger partial charge in [0.1, 0.15) is 11.0 Å². The summed E-state index contributed by atoms with van der Waals surface area (Å²) in [7, 11) is 0. The van der Waals surface area contributed by atoms with E-state index >= 15 is 0 Å². The van der Waals surface area contributed by atoms with E-state index in [0.29, 0.717) is 39.0 Å². The number of hydrogen-bond donors (Lipinski definition) is 1. The highest BCUT2D eigenvalue weighted by Gasteiger charge is 2.33. The smallest absolute Gasteiger partial charge is 0.196 e. The number of aryl methyl sites for hydroxylation is 1. The van der Waals surface area contributed by atoms with Gasteiger partial charge in [-0.15, -0.1) is 0 Å². The van der Waals surface area contributed by atoms with Crippen molar-refractivity contribution in [1.29, 1.82) is 0 Å². The molecule has 3 aromatic carbocycles. The van der Waals surface area contributed by atoms with E-state index < -0.39 is 0 Å². The van der Waals surface area contributed by atoms with Gasteiger partial charge in [0.15, 0.2) is 11.6 Å². The second-order valence-corrected chi connectivity index (χ2v) is 7.03. The minimum Gasteiger partial charge on any atom is -0.354 e. The largest absolute Gasteiger partial charge is 0.354 e. The lowest BCUT2D eigenvalue weighted by atomic mass is 9.83. The predicted molar refractivity (Wildman–Crippen MR) is 105 cm³/mol. The number of nitrogens with zero attached hydrogens (tertiary/aromatic N) is 2. The van der Waals surface area contributed by atoms with E-state index in [9.17, 15) is 9.59 Å². The Kier molecular flexibility index (Phi) is 3.42. The molecule has 0 amide bonds. The first kappa shape index (κ1) is 15.8. The van der Waals surface area contributed by atoms with Crippen molar-refractivity contribution in [1.82, 2.24) is 8.75 Å². The first-order valence-electron chi connectivity index (χ1n) is 8.45. The van der Waals surface area contributed by atoms with Crippen LogP contribution in [-0.4, -0.2) is 20.3 Å². The molecule has 0 atom stereocenters. The van der Waals surface area contributed by atoms with Crippen molar-refractivity contribution in [2.24, 2.45) is 0 Å². The van der Waals surface area contributed by atoms with Crippen molar-refractivity contribution >= 4 is 45.7 Å². The second kappa shape index (κ2) is 5.82. The molecule has 1 heterocycles. The molecular formula is C21H13N3O2S. The van der Waals surface area contributed by atoms with Crippen LogP contribution < -0.4 is 5.32 Å². The molecular weight excluding hydrogens is 358 g/mol. The van der Waals surface area contributed by atoms with Gasteiger partial charge in [0, 0.05) is 22.4 Å². The standard InChI is InChI=1S/C21H13N3O2S/c1-11-6-8-12(9-7-11)22-16-10-15-17(19-18(16)23-27-24-19)21(26)14-5-3-2-4-13(14)20(15)25/h2-10,22H,1H3. The first-order chi connectivity index (χ1) is 13.1. The summed E-state index contributed by atoms with van der Waals surface area (Å²) in [5.41, 5.74) is 5.34. The Labute approximate surface area is 159 Å². The predicted octanol–water partition coefficient (Wildman–Crippen LogP) is 4.52. The van der Waals surface area contributed by atoms with Gasteiger partial charge in [0.2, 0.25) is 0 Å². The van der Waals surface area contributed by atoms with Crippen LogP contribution in [0.5, 0.6) is 0 Å². The lowest BCUT2D eigenvalue weighted by Gasteiger charge is -2.19. The number of nitrogens with one attached hydrogen (secondary N) is 1. The molecule has 1 N–H and O–H groups in total. The molecule has 1 aliphatic rings. The third kappa shape index (κ3) is 2.38. The van der Waals surface area contributed by atoms with E-state index in [1.54, 1.807) is 30.3 Å². The molecule has 0 bridgehead atoms. The highest BCUT2D eigenvalue weighted by molar-refractivity contribution is 7.00. The lowest BCUT2D eigenvalue weighted by Crippen LogP contribution is -2.21. The van der Waals surface area contributed by atoms with Gasteiger partial charge in [-0.3, -0.25) is 9.59 Å². The number of carbonyl (C=O) groups excluding carboxylic acids is 2. The van der Waals surface area contributed by atoms with Crippen LogP contribution in [0.2, 0.25) is 0 Å². The molecule has 130 valence electrons. The number of fused-ring (bicyclic) bond motifs is 4. The van der Waals surface area contributed by atoms with Gasteiger partial charge in [0.05, 0.1) is 23.0 Å². The van der Waals surface area contributed by atoms with E-state index in [-0.39, 0.29) is 11.6 Å². The maximum Gasteiger partial charge on any atom is 0.196 e. The maximum absolute atomic E-state index is 13.0. The maximum atomic E-state index is 13.0. The number of anilines is 2. The average molecular weight is 371 g/mol. The molecule has 0 radical (unpaired) electrons. The molecule has 27 heavy (non-hydrogen) atoms. The molecule has 0 saturated heterocycles. The fourth-order valence-electron chi connectivity index (χ4n) is 3.40. The SMILES string of the molecule is Cc1ccc(Nc2cc3c(c4nsnc24)C(=O)c2ccccc2C3=O)cc1. The van der Waals surface area contributed by atoms with Crippen molar-refractivity contribution in [3.05, 3.63) is 82.4 Å². The van der Waals surface area contributed by atoms with E-state index in [2.05, 4.69) is 14.1 Å². The van der Waals surface area contributed by atoms with Crippen molar-refractivity contribution in [3.63, 3.8) is 0 Å². The third-order valence-electron chi connectivity index (χ3n) is 4.76. The monoisotopic (exact) mass is 371 g/mol. The Morgan fingerprint density at radius 2 is 1.48 bits per heavy atom. The zero-order valence-corrected chi connectivity index (χ0v) is 15.1. The minimum atomic E-state index is -0.181. The Bertz CT molecular complexity index is 1240. The quantitative estimate of drug-likeness (QED) is 0.494. The number of ketones is 2. The fraction of sp³-hybridized carbons (Fsp3) is 0.0476. The highest BCUT2D eigenvalue weighted by Crippen LogP contribution is 2.36. The van der Waals surface area contributed by atoms with Crippen LogP contribution in [0.3, 0.4) is 0 Å². The van der Waals surface area contributed by atoms with Crippen molar-refractivity contribution in [3.8, 4) is 0 Å². The lowest BCUT2D eigenvalue weighted by molar-refractivity contribution is 0.0980. The van der Waals surface area contributed by atoms with Crippen LogP contribution in [0.25, 0.3) is 11.0 Å². The highest BCUT2D eigenvalue weighted by atomic mass is 32.1. The Balaban J connectivity index is 1.72. The van der Waals surface area contributed by atoms with Gasteiger partial charge in [-0.1, -0.05) is 42.0 Å². The zero-order valence-electron chi connectivity index (χ0n) is 14.3. The van der Waals surface area contributed by atoms with Gasteiger partial charge < -0.3 is 5.32 Å². The number of rotatable bonds is 2. The molecule has 4 aromatic rings. The summed E-state index contributed by atoms with van der Waals surface area (Å²) in [6.07, 6.45) is 0. The Morgan fingerprint density at radius 1 is 0.815 bits per heavy atom. The van der Waals surface area contributed by atoms with Gasteiger partial charge in [-0.05, 0) is 25.1 Å². The van der Waals surface area contributed by atoms with Crippen LogP contribution in [0.1, 0.15) is 37.4 Å². The number of benzene rings is 3. The van der Waals surface area contributed by atoms with E-state index in [1.807, 2.05) is 31.2 Å². The molecule has 0 saturated carbocycles. The molecule has 0 unspecified atom stereocenters. The number of carbonyl (C=O) groups is 2. The summed E-state index contributed by atoms with van der Waals surface area (Å²) < 4.78 is 8.68. The van der Waals surface area contributed by atoms with Gasteiger partial charge in [-0.25, -0.2) is 0 Å². The number of aromatic nitrogens is 2. The Morgan fingerprint density at radius 3 is 2.22 bits per heavy atom. The molecule has 0 aliphatic heterocycles. The van der Waals surface area contributed by atoms with E-state index in [0.717, 1.165) is 23.0 Å². The van der Waals surface area contributed by atoms with E-state index in [1.165, 1.54) is 0 Å². The normalized spacial score (nSPS) is 12.8. The molecule has 5 rings (SSSR count). The Hall–Kier alpha value is -3.38. The van der Waals surface area contributed by atoms with Gasteiger partial charge in [-0.2, -0.15) is 8.75 Å². The summed E-state index contributed by atoms with van der Waals surface area (Å²) in [6, 6.07) is 16.5. The van der Waals surface area contributed by atoms with Crippen LogP contribution in [0.4, 0.5) is 11.4 Å². The molecule has 6 heteroatoms. The molecule has 0 spiro atoms. The summed E-state index contributed by atoms with van der Waals surface area (Å²) in [6.45, 7) is 2.02. The van der Waals surface area contributed by atoms with Crippen molar-refractivity contribution in [2.45, 2.75) is 6.92 Å². The average Bonchev–Trinajstić information content (AvgIpc) is 3.18.